The molecule has 7 nitrogen and oxygen atoms in total. The first kappa shape index (κ1) is 43.5. The van der Waals surface area contributed by atoms with Crippen molar-refractivity contribution in [3.63, 3.8) is 0 Å². The molecule has 1 aliphatic rings. The van der Waals surface area contributed by atoms with Crippen molar-refractivity contribution >= 4 is 6.09 Å². The van der Waals surface area contributed by atoms with E-state index in [2.05, 4.69) is 143 Å². The number of benzene rings is 6. The van der Waals surface area contributed by atoms with Gasteiger partial charge in [0.25, 0.3) is 0 Å². The maximum atomic E-state index is 15.1. The molecular formula is C54H61N3O4. The molecular weight excluding hydrogens is 755 g/mol. The molecule has 7 heteroatoms. The first-order valence-corrected chi connectivity index (χ1v) is 21.6. The predicted octanol–water partition coefficient (Wildman–Crippen LogP) is 10.3. The Kier molecular flexibility index (Phi) is 14.5. The molecule has 1 N–H and O–H groups in total. The van der Waals surface area contributed by atoms with Crippen LogP contribution in [0.25, 0.3) is 0 Å². The highest BCUT2D eigenvalue weighted by atomic mass is 16.6. The van der Waals surface area contributed by atoms with Gasteiger partial charge in [0.05, 0.1) is 18.2 Å². The SMILES string of the molecule is CC1(C)COC(C)(C)N1C(=O)O[C@H]([C@H](O)[C@H](Cc1ccccc1)N(Cc1ccccc1)Cc1ccccc1)[C@H](Cc1ccccc1)N(Cc1ccccc1)Cc1ccccc1. The molecule has 4 atom stereocenters. The van der Waals surface area contributed by atoms with Gasteiger partial charge in [-0.05, 0) is 73.9 Å². The number of ether oxygens (including phenoxy) is 2. The lowest BCUT2D eigenvalue weighted by molar-refractivity contribution is -0.110. The summed E-state index contributed by atoms with van der Waals surface area (Å²) in [6, 6.07) is 61.5. The molecule has 6 aromatic rings. The number of aliphatic hydroxyl groups excluding tert-OH is 1. The van der Waals surface area contributed by atoms with E-state index in [0.717, 1.165) is 33.4 Å². The average molecular weight is 816 g/mol. The van der Waals surface area contributed by atoms with Gasteiger partial charge in [0, 0.05) is 32.2 Å². The maximum absolute atomic E-state index is 15.1. The Labute approximate surface area is 363 Å². The van der Waals surface area contributed by atoms with Gasteiger partial charge in [-0.3, -0.25) is 14.7 Å². The fraction of sp³-hybridized carbons (Fsp3) is 0.315. The third-order valence-electron chi connectivity index (χ3n) is 11.9. The van der Waals surface area contributed by atoms with Gasteiger partial charge < -0.3 is 14.6 Å². The van der Waals surface area contributed by atoms with E-state index in [1.807, 2.05) is 76.2 Å². The third-order valence-corrected chi connectivity index (χ3v) is 11.9. The molecule has 0 bridgehead atoms. The Hall–Kier alpha value is -5.57. The highest BCUT2D eigenvalue weighted by Crippen LogP contribution is 2.37. The van der Waals surface area contributed by atoms with Gasteiger partial charge in [-0.15, -0.1) is 0 Å². The highest BCUT2D eigenvalue weighted by Gasteiger charge is 2.52. The summed E-state index contributed by atoms with van der Waals surface area (Å²) in [4.78, 5) is 21.6. The van der Waals surface area contributed by atoms with Crippen LogP contribution in [0.5, 0.6) is 0 Å². The second-order valence-corrected chi connectivity index (χ2v) is 17.5. The molecule has 0 unspecified atom stereocenters. The summed E-state index contributed by atoms with van der Waals surface area (Å²) in [5.41, 5.74) is 5.12. The van der Waals surface area contributed by atoms with Gasteiger partial charge in [0.15, 0.2) is 0 Å². The van der Waals surface area contributed by atoms with Crippen LogP contribution in [0.4, 0.5) is 4.79 Å². The molecule has 1 amide bonds. The van der Waals surface area contributed by atoms with Gasteiger partial charge in [0.2, 0.25) is 0 Å². The smallest absolute Gasteiger partial charge is 0.413 e. The number of hydrogen-bond donors (Lipinski definition) is 1. The normalized spacial score (nSPS) is 16.5. The number of hydrogen-bond acceptors (Lipinski definition) is 6. The highest BCUT2D eigenvalue weighted by molar-refractivity contribution is 5.70. The molecule has 6 aromatic carbocycles. The quantitative estimate of drug-likeness (QED) is 0.0932. The molecule has 7 rings (SSSR count). The number of rotatable bonds is 18. The van der Waals surface area contributed by atoms with E-state index < -0.39 is 41.6 Å². The first-order valence-electron chi connectivity index (χ1n) is 21.6. The molecule has 1 saturated heterocycles. The van der Waals surface area contributed by atoms with Gasteiger partial charge in [-0.25, -0.2) is 4.79 Å². The van der Waals surface area contributed by atoms with E-state index in [1.165, 1.54) is 0 Å². The van der Waals surface area contributed by atoms with Crippen LogP contribution in [0.2, 0.25) is 0 Å². The lowest BCUT2D eigenvalue weighted by Crippen LogP contribution is -2.60. The lowest BCUT2D eigenvalue weighted by atomic mass is 9.88. The molecule has 316 valence electrons. The van der Waals surface area contributed by atoms with Crippen LogP contribution in [0.15, 0.2) is 182 Å². The molecule has 1 heterocycles. The Bertz CT molecular complexity index is 2110. The van der Waals surface area contributed by atoms with Crippen LogP contribution in [-0.4, -0.2) is 68.1 Å². The Morgan fingerprint density at radius 2 is 0.852 bits per heavy atom. The summed E-state index contributed by atoms with van der Waals surface area (Å²) in [5.74, 6) is 0. The zero-order valence-electron chi connectivity index (χ0n) is 36.1. The summed E-state index contributed by atoms with van der Waals surface area (Å²) in [6.45, 7) is 10.5. The summed E-state index contributed by atoms with van der Waals surface area (Å²) in [6.07, 6.45) is -1.60. The number of amides is 1. The molecule has 61 heavy (non-hydrogen) atoms. The van der Waals surface area contributed by atoms with Crippen LogP contribution < -0.4 is 0 Å². The van der Waals surface area contributed by atoms with Gasteiger partial charge in [-0.1, -0.05) is 182 Å². The van der Waals surface area contributed by atoms with Crippen molar-refractivity contribution in [2.45, 2.75) is 102 Å². The van der Waals surface area contributed by atoms with E-state index in [1.54, 1.807) is 4.90 Å². The van der Waals surface area contributed by atoms with Crippen molar-refractivity contribution in [1.29, 1.82) is 0 Å². The Balaban J connectivity index is 1.40. The van der Waals surface area contributed by atoms with E-state index in [9.17, 15) is 5.11 Å². The minimum absolute atomic E-state index is 0.364. The largest absolute Gasteiger partial charge is 0.442 e. The van der Waals surface area contributed by atoms with Crippen molar-refractivity contribution in [3.8, 4) is 0 Å². The molecule has 0 aliphatic carbocycles. The molecule has 0 spiro atoms. The average Bonchev–Trinajstić information content (AvgIpc) is 3.51. The topological polar surface area (TPSA) is 65.5 Å². The maximum Gasteiger partial charge on any atom is 0.413 e. The van der Waals surface area contributed by atoms with Crippen LogP contribution in [0.3, 0.4) is 0 Å². The number of carbonyl (C=O) groups is 1. The molecule has 1 fully saturated rings. The second-order valence-electron chi connectivity index (χ2n) is 17.5. The van der Waals surface area contributed by atoms with Crippen molar-refractivity contribution in [2.24, 2.45) is 0 Å². The zero-order chi connectivity index (χ0) is 42.7. The summed E-state index contributed by atoms with van der Waals surface area (Å²) in [7, 11) is 0. The number of carbonyl (C=O) groups excluding carboxylic acids is 1. The number of nitrogens with zero attached hydrogens (tertiary/aromatic N) is 3. The molecule has 0 radical (unpaired) electrons. The van der Waals surface area contributed by atoms with Gasteiger partial charge >= 0.3 is 6.09 Å². The lowest BCUT2D eigenvalue weighted by Gasteiger charge is -2.45. The Morgan fingerprint density at radius 3 is 1.18 bits per heavy atom. The van der Waals surface area contributed by atoms with E-state index in [0.29, 0.717) is 45.6 Å². The fourth-order valence-corrected chi connectivity index (χ4v) is 8.92. The first-order chi connectivity index (χ1) is 29.6. The van der Waals surface area contributed by atoms with Crippen molar-refractivity contribution < 1.29 is 19.4 Å². The summed E-state index contributed by atoms with van der Waals surface area (Å²) < 4.78 is 13.3. The van der Waals surface area contributed by atoms with Gasteiger partial charge in [-0.2, -0.15) is 0 Å². The Morgan fingerprint density at radius 1 is 0.541 bits per heavy atom. The fourth-order valence-electron chi connectivity index (χ4n) is 8.92. The van der Waals surface area contributed by atoms with Crippen LogP contribution in [0.1, 0.15) is 61.1 Å². The minimum atomic E-state index is -1.14. The summed E-state index contributed by atoms with van der Waals surface area (Å²) in [5, 5.41) is 13.6. The van der Waals surface area contributed by atoms with Crippen LogP contribution in [-0.2, 0) is 48.5 Å². The standard InChI is InChI=1S/C54H61N3O4/c1-53(2)41-60-54(3,4)57(53)52(59)61-51(49(36-43-25-13-6-14-26-43)56(39-46-31-19-9-20-32-46)40-47-33-21-10-22-34-47)50(58)48(35-42-23-11-5-12-24-42)55(37-44-27-15-7-16-28-44)38-45-29-17-8-18-30-45/h5-34,48-51,58H,35-41H2,1-4H3/t48-,49-,50+,51-/m0/s1. The summed E-state index contributed by atoms with van der Waals surface area (Å²) >= 11 is 0. The van der Waals surface area contributed by atoms with Crippen LogP contribution in [0, 0.1) is 0 Å². The monoisotopic (exact) mass is 815 g/mol. The van der Waals surface area contributed by atoms with E-state index >= 15 is 4.79 Å². The van der Waals surface area contributed by atoms with Crippen molar-refractivity contribution in [3.05, 3.63) is 215 Å². The predicted molar refractivity (Wildman–Crippen MR) is 244 cm³/mol. The molecule has 1 aliphatic heterocycles. The van der Waals surface area contributed by atoms with Crippen LogP contribution >= 0.6 is 0 Å². The van der Waals surface area contributed by atoms with Crippen molar-refractivity contribution in [1.82, 2.24) is 14.7 Å². The third kappa shape index (κ3) is 11.6. The molecule has 0 aromatic heterocycles. The van der Waals surface area contributed by atoms with E-state index in [4.69, 9.17) is 9.47 Å². The van der Waals surface area contributed by atoms with Gasteiger partial charge in [0.1, 0.15) is 17.9 Å². The molecule has 0 saturated carbocycles. The zero-order valence-corrected chi connectivity index (χ0v) is 36.1. The second kappa shape index (κ2) is 20.3. The number of aliphatic hydroxyl groups is 1. The van der Waals surface area contributed by atoms with E-state index in [-0.39, 0.29) is 0 Å². The van der Waals surface area contributed by atoms with Crippen molar-refractivity contribution in [2.75, 3.05) is 6.61 Å². The minimum Gasteiger partial charge on any atom is -0.442 e.